The molecule has 0 saturated heterocycles. The first-order chi connectivity index (χ1) is 12.2. The number of hydrogen-bond acceptors (Lipinski definition) is 1. The van der Waals surface area contributed by atoms with Crippen molar-refractivity contribution >= 4 is 0 Å². The molecule has 0 unspecified atom stereocenters. The third-order valence-electron chi connectivity index (χ3n) is 6.19. The molecule has 171 valence electrons. The third kappa shape index (κ3) is 22.4. The summed E-state index contributed by atoms with van der Waals surface area (Å²) in [7, 11) is 0. The Labute approximate surface area is 248 Å². The second kappa shape index (κ2) is 23.9. The van der Waals surface area contributed by atoms with Gasteiger partial charge in [0.25, 0.3) is 0 Å². The first kappa shape index (κ1) is 39.0. The zero-order valence-corrected chi connectivity index (χ0v) is 30.6. The van der Waals surface area contributed by atoms with Crippen LogP contribution in [0.4, 0.5) is 0 Å². The van der Waals surface area contributed by atoms with Gasteiger partial charge in [-0.05, 0) is 48.9 Å². The van der Waals surface area contributed by atoms with Crippen LogP contribution in [0.1, 0.15) is 106 Å². The minimum Gasteiger partial charge on any atom is -0.393 e. The van der Waals surface area contributed by atoms with Crippen molar-refractivity contribution in [3.05, 3.63) is 13.3 Å². The van der Waals surface area contributed by atoms with Crippen molar-refractivity contribution in [1.29, 1.82) is 0 Å². The molecule has 2 aliphatic carbocycles. The maximum Gasteiger partial charge on any atom is 0.0543 e. The van der Waals surface area contributed by atoms with E-state index in [-0.39, 0.29) is 91.0 Å². The Hall–Kier alpha value is 2.80. The molecule has 1 radical (unpaired) electrons. The van der Waals surface area contributed by atoms with E-state index in [1.807, 2.05) is 0 Å². The number of rotatable bonds is 4. The van der Waals surface area contributed by atoms with Crippen LogP contribution in [0.15, 0.2) is 0 Å². The molecule has 1 nitrogen and oxygen atoms in total. The van der Waals surface area contributed by atoms with Gasteiger partial charge in [0.1, 0.15) is 0 Å². The largest absolute Gasteiger partial charge is 0.393 e. The van der Waals surface area contributed by atoms with Crippen molar-refractivity contribution < 1.29 is 90.0 Å². The van der Waals surface area contributed by atoms with E-state index in [0.29, 0.717) is 5.92 Å². The molecule has 0 amide bonds. The van der Waals surface area contributed by atoms with Gasteiger partial charge < -0.3 is 24.9 Å². The van der Waals surface area contributed by atoms with Gasteiger partial charge >= 0.3 is 0 Å². The van der Waals surface area contributed by atoms with Crippen LogP contribution >= 0.6 is 0 Å². The quantitative estimate of drug-likeness (QED) is 0.287. The van der Waals surface area contributed by atoms with E-state index in [4.69, 9.17) is 0 Å². The van der Waals surface area contributed by atoms with E-state index in [9.17, 15) is 5.11 Å². The molecule has 2 fully saturated rings. The minimum absolute atomic E-state index is 0. The van der Waals surface area contributed by atoms with Gasteiger partial charge in [-0.2, -0.15) is 5.92 Å². The fourth-order valence-corrected chi connectivity index (χ4v) is 4.23. The second-order valence-electron chi connectivity index (χ2n) is 9.87. The summed E-state index contributed by atoms with van der Waals surface area (Å²) in [5.41, 5.74) is 0. The average molecular weight is 877 g/mol. The molecular formula is C25H50OUWY-2. The average Bonchev–Trinajstić information content (AvgIpc) is 2.56. The van der Waals surface area contributed by atoms with Crippen molar-refractivity contribution in [2.45, 2.75) is 112 Å². The summed E-state index contributed by atoms with van der Waals surface area (Å²) in [5.74, 6) is 5.20. The molecule has 29 heavy (non-hydrogen) atoms. The standard InChI is InChI=1S/C10H20.C9H18O.C6H12.U.W.Y/c1-8(2)10-6-4-5-9(3)7-10;1-7(2)8-4-3-5-9(10)6-8;1-4-5-6(2)3;;;/h8-10H,4-7H2,1-3H3;7-10H,3-6H2,1-2H3;5-6H,1,4H2,2-3H3;;;/q;;-2;;;/t9-,10-;8-,9+;;;;/m11..../s1. The molecule has 1 N–H and O–H groups in total. The Morgan fingerprint density at radius 1 is 0.862 bits per heavy atom. The van der Waals surface area contributed by atoms with E-state index in [1.165, 1.54) is 38.5 Å². The molecular weight excluding hydrogens is 827 g/mol. The normalized spacial score (nSPS) is 26.1. The van der Waals surface area contributed by atoms with Crippen LogP contribution in [-0.4, -0.2) is 11.2 Å². The van der Waals surface area contributed by atoms with Gasteiger partial charge in [0.15, 0.2) is 0 Å². The Bertz CT molecular complexity index is 300. The first-order valence-corrected chi connectivity index (χ1v) is 11.5. The SMILES string of the molecule is CC(C)[C@@H]1CCC[C@@H](C)C1.CC(C)[C@@H]1CCC[C@H](O)C1.[CH2-]C[CH-]C(C)C.[U].[W].[Y]. The van der Waals surface area contributed by atoms with Crippen LogP contribution < -0.4 is 0 Å². The van der Waals surface area contributed by atoms with E-state index < -0.39 is 0 Å². The molecule has 0 aromatic carbocycles. The number of aliphatic hydroxyl groups is 1. The molecule has 0 spiro atoms. The van der Waals surface area contributed by atoms with Crippen LogP contribution in [0.3, 0.4) is 0 Å². The monoisotopic (exact) mass is 877 g/mol. The van der Waals surface area contributed by atoms with E-state index in [2.05, 4.69) is 61.8 Å². The summed E-state index contributed by atoms with van der Waals surface area (Å²) in [6.07, 6.45) is 13.7. The molecule has 2 saturated carbocycles. The molecule has 4 atom stereocenters. The maximum atomic E-state index is 9.33. The zero-order chi connectivity index (χ0) is 20.1. The zero-order valence-electron chi connectivity index (χ0n) is 20.6. The van der Waals surface area contributed by atoms with Crippen molar-refractivity contribution in [3.63, 3.8) is 0 Å². The van der Waals surface area contributed by atoms with Crippen molar-refractivity contribution in [2.75, 3.05) is 0 Å². The van der Waals surface area contributed by atoms with Crippen molar-refractivity contribution in [1.82, 2.24) is 0 Å². The molecule has 0 aliphatic heterocycles. The second-order valence-corrected chi connectivity index (χ2v) is 9.87. The summed E-state index contributed by atoms with van der Waals surface area (Å²) in [4.78, 5) is 0. The summed E-state index contributed by atoms with van der Waals surface area (Å²) in [6, 6.07) is 0. The summed E-state index contributed by atoms with van der Waals surface area (Å²) < 4.78 is 0. The topological polar surface area (TPSA) is 20.2 Å². The Kier molecular flexibility index (Phi) is 32.2. The van der Waals surface area contributed by atoms with Gasteiger partial charge in [0, 0.05) is 84.9 Å². The first-order valence-electron chi connectivity index (χ1n) is 11.5. The molecule has 0 bridgehead atoms. The fourth-order valence-electron chi connectivity index (χ4n) is 4.23. The van der Waals surface area contributed by atoms with Crippen LogP contribution in [-0.2, 0) is 53.8 Å². The molecule has 4 heteroatoms. The predicted octanol–water partition coefficient (Wildman–Crippen LogP) is 7.73. The van der Waals surface area contributed by atoms with Crippen LogP contribution in [0.2, 0.25) is 0 Å². The Morgan fingerprint density at radius 3 is 1.55 bits per heavy atom. The molecule has 2 aliphatic rings. The molecule has 0 heterocycles. The Morgan fingerprint density at radius 2 is 1.31 bits per heavy atom. The fraction of sp³-hybridized carbons (Fsp3) is 0.920. The van der Waals surface area contributed by atoms with Crippen LogP contribution in [0, 0.1) is 80.0 Å². The summed E-state index contributed by atoms with van der Waals surface area (Å²) >= 11 is 0. The van der Waals surface area contributed by atoms with E-state index in [0.717, 1.165) is 48.9 Å². The van der Waals surface area contributed by atoms with Gasteiger partial charge in [0.2, 0.25) is 0 Å². The van der Waals surface area contributed by atoms with E-state index in [1.54, 1.807) is 0 Å². The maximum absolute atomic E-state index is 9.33. The minimum atomic E-state index is 0. The van der Waals surface area contributed by atoms with E-state index >= 15 is 0 Å². The number of hydrogen-bond donors (Lipinski definition) is 1. The third-order valence-corrected chi connectivity index (χ3v) is 6.19. The molecule has 0 aromatic heterocycles. The van der Waals surface area contributed by atoms with Gasteiger partial charge in [0.05, 0.1) is 6.10 Å². The van der Waals surface area contributed by atoms with Crippen LogP contribution in [0.25, 0.3) is 0 Å². The van der Waals surface area contributed by atoms with Crippen molar-refractivity contribution in [3.8, 4) is 0 Å². The van der Waals surface area contributed by atoms with Gasteiger partial charge in [-0.3, -0.25) is 0 Å². The van der Waals surface area contributed by atoms with Gasteiger partial charge in [-0.15, -0.1) is 0 Å². The summed E-state index contributed by atoms with van der Waals surface area (Å²) in [5, 5.41) is 9.33. The molecule has 2 rings (SSSR count). The van der Waals surface area contributed by atoms with Gasteiger partial charge in [-0.25, -0.2) is 0 Å². The predicted molar refractivity (Wildman–Crippen MR) is 118 cm³/mol. The smallest absolute Gasteiger partial charge is 0.0543 e. The number of aliphatic hydroxyl groups excluding tert-OH is 1. The van der Waals surface area contributed by atoms with Crippen molar-refractivity contribution in [2.24, 2.45) is 35.5 Å². The Balaban J connectivity index is -0.000000159. The van der Waals surface area contributed by atoms with Gasteiger partial charge in [-0.1, -0.05) is 80.6 Å². The van der Waals surface area contributed by atoms with Crippen LogP contribution in [0.5, 0.6) is 0 Å². The molecule has 0 aromatic rings. The summed E-state index contributed by atoms with van der Waals surface area (Å²) in [6.45, 7) is 19.6.